The number of ether oxygens (including phenoxy) is 1. The Bertz CT molecular complexity index is 1100. The van der Waals surface area contributed by atoms with E-state index >= 15 is 0 Å². The van der Waals surface area contributed by atoms with Crippen molar-refractivity contribution in [3.63, 3.8) is 0 Å². The summed E-state index contributed by atoms with van der Waals surface area (Å²) in [5, 5.41) is 4.68. The first-order chi connectivity index (χ1) is 15.7. The minimum Gasteiger partial charge on any atom is -0.378 e. The molecule has 33 heavy (non-hydrogen) atoms. The third-order valence-corrected chi connectivity index (χ3v) is 8.08. The number of nitrogens with one attached hydrogen (secondary N) is 1. The maximum absolute atomic E-state index is 13.6. The molecule has 2 aromatic rings. The first-order valence-electron chi connectivity index (χ1n) is 11.9. The minimum absolute atomic E-state index is 0. The second kappa shape index (κ2) is 8.14. The second-order valence-electron chi connectivity index (χ2n) is 10.1. The molecule has 3 aliphatic rings. The van der Waals surface area contributed by atoms with Crippen LogP contribution in [-0.4, -0.2) is 62.3 Å². The van der Waals surface area contributed by atoms with E-state index < -0.39 is 5.92 Å². The zero-order valence-electron chi connectivity index (χ0n) is 19.1. The predicted molar refractivity (Wildman–Crippen MR) is 119 cm³/mol. The van der Waals surface area contributed by atoms with E-state index in [1.54, 1.807) is 11.8 Å². The Hall–Kier alpha value is -2.36. The number of nitrogens with zero attached hydrogens (tertiary/aromatic N) is 4. The van der Waals surface area contributed by atoms with Crippen LogP contribution < -0.4 is 5.56 Å². The summed E-state index contributed by atoms with van der Waals surface area (Å²) < 4.78 is 34.4. The zero-order chi connectivity index (χ0) is 23.4. The fourth-order valence-corrected chi connectivity index (χ4v) is 5.43. The number of alkyl halides is 2. The summed E-state index contributed by atoms with van der Waals surface area (Å²) in [6.07, 6.45) is 4.82. The molecule has 1 N–H and O–H groups in total. The van der Waals surface area contributed by atoms with Crippen molar-refractivity contribution in [2.45, 2.75) is 81.8 Å². The van der Waals surface area contributed by atoms with Gasteiger partial charge in [0, 0.05) is 46.3 Å². The lowest BCUT2D eigenvalue weighted by molar-refractivity contribution is -0.144. The van der Waals surface area contributed by atoms with Crippen molar-refractivity contribution in [3.8, 4) is 0 Å². The van der Waals surface area contributed by atoms with E-state index in [1.165, 1.54) is 6.20 Å². The van der Waals surface area contributed by atoms with Crippen molar-refractivity contribution in [1.82, 2.24) is 24.6 Å². The number of aromatic amines is 1. The molecule has 0 spiro atoms. The number of H-pyrrole nitrogens is 1. The van der Waals surface area contributed by atoms with E-state index in [4.69, 9.17) is 9.72 Å². The van der Waals surface area contributed by atoms with Gasteiger partial charge < -0.3 is 14.6 Å². The van der Waals surface area contributed by atoms with Crippen molar-refractivity contribution in [1.29, 1.82) is 0 Å². The average molecular weight is 466 g/mol. The van der Waals surface area contributed by atoms with Crippen molar-refractivity contribution >= 4 is 16.9 Å². The number of carbonyl (C=O) groups is 1. The van der Waals surface area contributed by atoms with Gasteiger partial charge in [-0.25, -0.2) is 18.4 Å². The summed E-state index contributed by atoms with van der Waals surface area (Å²) >= 11 is 0. The molecule has 5 rings (SSSR count). The Morgan fingerprint density at radius 3 is 2.48 bits per heavy atom. The van der Waals surface area contributed by atoms with Gasteiger partial charge in [0.05, 0.1) is 17.8 Å². The van der Waals surface area contributed by atoms with Crippen molar-refractivity contribution < 1.29 is 19.7 Å². The van der Waals surface area contributed by atoms with E-state index in [0.717, 1.165) is 25.7 Å². The summed E-state index contributed by atoms with van der Waals surface area (Å²) in [5.74, 6) is -2.38. The number of piperidine rings is 1. The van der Waals surface area contributed by atoms with E-state index in [0.29, 0.717) is 42.8 Å². The molecule has 2 aromatic heterocycles. The van der Waals surface area contributed by atoms with Gasteiger partial charge in [0.2, 0.25) is 11.8 Å². The first kappa shape index (κ1) is 22.4. The predicted octanol–water partition coefficient (Wildman–Crippen LogP) is 3.64. The number of fused-ring (bicyclic) bond motifs is 1. The first-order valence-corrected chi connectivity index (χ1v) is 11.9. The summed E-state index contributed by atoms with van der Waals surface area (Å²) in [6.45, 7) is 3.39. The highest BCUT2D eigenvalue weighted by atomic mass is 19.3. The Morgan fingerprint density at radius 2 is 1.88 bits per heavy atom. The normalized spacial score (nSPS) is 27.5. The number of carbonyl (C=O) groups excluding carboxylic acids is 1. The molecule has 2 aliphatic carbocycles. The van der Waals surface area contributed by atoms with Gasteiger partial charge in [0.25, 0.3) is 5.56 Å². The molecule has 0 unspecified atom stereocenters. The molecule has 1 aliphatic heterocycles. The maximum Gasteiger partial charge on any atom is 0.262 e. The van der Waals surface area contributed by atoms with E-state index in [-0.39, 0.29) is 49.2 Å². The molecule has 0 aromatic carbocycles. The number of hydrogen-bond acceptors (Lipinski definition) is 5. The van der Waals surface area contributed by atoms with Crippen molar-refractivity contribution in [3.05, 3.63) is 22.4 Å². The number of aromatic nitrogens is 4. The largest absolute Gasteiger partial charge is 0.378 e. The lowest BCUT2D eigenvalue weighted by Gasteiger charge is -2.43. The number of rotatable bonds is 4. The lowest BCUT2D eigenvalue weighted by Crippen LogP contribution is -2.50. The van der Waals surface area contributed by atoms with Gasteiger partial charge in [0.15, 0.2) is 5.65 Å². The highest BCUT2D eigenvalue weighted by Gasteiger charge is 2.43. The molecule has 10 heteroatoms. The van der Waals surface area contributed by atoms with E-state index in [1.807, 2.05) is 4.90 Å². The van der Waals surface area contributed by atoms with E-state index in [2.05, 4.69) is 17.0 Å². The smallest absolute Gasteiger partial charge is 0.262 e. The van der Waals surface area contributed by atoms with Crippen LogP contribution in [0.4, 0.5) is 8.78 Å². The molecule has 1 amide bonds. The van der Waals surface area contributed by atoms with Gasteiger partial charge in [-0.2, -0.15) is 5.10 Å². The highest BCUT2D eigenvalue weighted by Crippen LogP contribution is 2.43. The van der Waals surface area contributed by atoms with Crippen LogP contribution in [0, 0.1) is 5.92 Å². The van der Waals surface area contributed by atoms with Crippen LogP contribution in [-0.2, 0) is 9.53 Å². The standard InChI is InChI=1S/C23H31F2N5O3.H2/c1-22(33-2)9-11-29(12-10-22)21(32)16-4-3-15(16)18-27-19-17(20(31)28-18)13-26-30(19)14-5-7-23(24,25)8-6-14;/h13-16H,3-12H2,1-2H3,(H,27,28,31);1H/t15-,16-;/m0./s1. The van der Waals surface area contributed by atoms with Gasteiger partial charge in [-0.05, 0) is 45.4 Å². The van der Waals surface area contributed by atoms with Gasteiger partial charge in [-0.15, -0.1) is 0 Å². The van der Waals surface area contributed by atoms with Crippen LogP contribution in [0.15, 0.2) is 11.0 Å². The fourth-order valence-electron chi connectivity index (χ4n) is 5.43. The quantitative estimate of drug-likeness (QED) is 0.744. The minimum atomic E-state index is -2.63. The van der Waals surface area contributed by atoms with Crippen molar-refractivity contribution in [2.24, 2.45) is 5.92 Å². The molecule has 182 valence electrons. The average Bonchev–Trinajstić information content (AvgIpc) is 3.18. The Balaban J connectivity index is 0.00000274. The Kier molecular flexibility index (Phi) is 5.54. The summed E-state index contributed by atoms with van der Waals surface area (Å²) in [7, 11) is 1.71. The molecule has 8 nitrogen and oxygen atoms in total. The number of likely N-dealkylation sites (tertiary alicyclic amines) is 1. The molecule has 3 fully saturated rings. The fraction of sp³-hybridized carbons (Fsp3) is 0.739. The second-order valence-corrected chi connectivity index (χ2v) is 10.1. The molecule has 2 saturated carbocycles. The van der Waals surface area contributed by atoms with Crippen LogP contribution in [0.1, 0.15) is 77.5 Å². The molecular weight excluding hydrogens is 432 g/mol. The lowest BCUT2D eigenvalue weighted by atomic mass is 9.72. The third-order valence-electron chi connectivity index (χ3n) is 8.08. The SMILES string of the molecule is COC1(C)CCN(C(=O)[C@H]2CC[C@@H]2c2nc3c(cnn3C3CCC(F)(F)CC3)c(=O)[nH]2)CC1.[HH]. The monoisotopic (exact) mass is 465 g/mol. The number of methoxy groups -OCH3 is 1. The van der Waals surface area contributed by atoms with Crippen molar-refractivity contribution in [2.75, 3.05) is 20.2 Å². The molecule has 2 atom stereocenters. The van der Waals surface area contributed by atoms with Crippen LogP contribution in [0.25, 0.3) is 11.0 Å². The Labute approximate surface area is 192 Å². The van der Waals surface area contributed by atoms with Gasteiger partial charge in [-0.1, -0.05) is 0 Å². The van der Waals surface area contributed by atoms with Gasteiger partial charge in [0.1, 0.15) is 11.2 Å². The third kappa shape index (κ3) is 4.06. The maximum atomic E-state index is 13.6. The van der Waals surface area contributed by atoms with Crippen LogP contribution >= 0.6 is 0 Å². The molecular formula is C23H33F2N5O3. The summed E-state index contributed by atoms with van der Waals surface area (Å²) in [4.78, 5) is 35.4. The Morgan fingerprint density at radius 1 is 1.18 bits per heavy atom. The molecule has 0 radical (unpaired) electrons. The zero-order valence-corrected chi connectivity index (χ0v) is 19.1. The van der Waals surface area contributed by atoms with Crippen LogP contribution in [0.2, 0.25) is 0 Å². The van der Waals surface area contributed by atoms with E-state index in [9.17, 15) is 18.4 Å². The van der Waals surface area contributed by atoms with Crippen LogP contribution in [0.5, 0.6) is 0 Å². The van der Waals surface area contributed by atoms with Crippen LogP contribution in [0.3, 0.4) is 0 Å². The topological polar surface area (TPSA) is 93.1 Å². The number of hydrogen-bond donors (Lipinski definition) is 1. The highest BCUT2D eigenvalue weighted by molar-refractivity contribution is 5.81. The molecule has 3 heterocycles. The van der Waals surface area contributed by atoms with Gasteiger partial charge in [-0.3, -0.25) is 9.59 Å². The summed E-state index contributed by atoms with van der Waals surface area (Å²) in [6, 6.07) is -0.202. The number of amides is 1. The number of halogens is 2. The molecule has 1 saturated heterocycles. The molecule has 0 bridgehead atoms. The summed E-state index contributed by atoms with van der Waals surface area (Å²) in [5.41, 5.74) is -0.0556. The van der Waals surface area contributed by atoms with Gasteiger partial charge >= 0.3 is 0 Å².